The maximum Gasteiger partial charge on any atom is 0.268 e. The van der Waals surface area contributed by atoms with E-state index in [2.05, 4.69) is 15.3 Å². The van der Waals surface area contributed by atoms with Gasteiger partial charge in [0.15, 0.2) is 5.69 Å². The molecule has 0 aliphatic rings. The zero-order valence-electron chi connectivity index (χ0n) is 13.4. The van der Waals surface area contributed by atoms with Gasteiger partial charge in [-0.15, -0.1) is 10.2 Å². The average Bonchev–Trinajstić information content (AvgIpc) is 3.24. The zero-order chi connectivity index (χ0) is 18.3. The summed E-state index contributed by atoms with van der Waals surface area (Å²) in [5.74, 6) is 0.335. The summed E-state index contributed by atoms with van der Waals surface area (Å²) in [6, 6.07) is 12.7. The third-order valence-corrected chi connectivity index (χ3v) is 4.73. The Balaban J connectivity index is 2.00. The maximum absolute atomic E-state index is 6.42. The van der Waals surface area contributed by atoms with E-state index >= 15 is 0 Å². The lowest BCUT2D eigenvalue weighted by Crippen LogP contribution is -2.00. The standard InChI is InChI=1S/C18H11Cl3N4O/c1-10-16(18-23-22-9-26-18)24-25(15-7-6-13(20)8-14(15)21)17(10)11-2-4-12(19)5-3-11/h2-9H,1H3. The van der Waals surface area contributed by atoms with Crippen LogP contribution in [-0.2, 0) is 0 Å². The molecule has 4 aromatic rings. The topological polar surface area (TPSA) is 56.7 Å². The predicted octanol–water partition coefficient (Wildman–Crippen LogP) is 5.86. The van der Waals surface area contributed by atoms with E-state index in [0.29, 0.717) is 32.3 Å². The summed E-state index contributed by atoms with van der Waals surface area (Å²) < 4.78 is 7.08. The number of hydrogen-bond acceptors (Lipinski definition) is 4. The minimum atomic E-state index is 0.335. The molecule has 0 radical (unpaired) electrons. The lowest BCUT2D eigenvalue weighted by atomic mass is 10.1. The maximum atomic E-state index is 6.42. The van der Waals surface area contributed by atoms with Crippen molar-refractivity contribution in [3.8, 4) is 28.5 Å². The van der Waals surface area contributed by atoms with Crippen molar-refractivity contribution in [1.29, 1.82) is 0 Å². The summed E-state index contributed by atoms with van der Waals surface area (Å²) in [5, 5.41) is 14.1. The van der Waals surface area contributed by atoms with Crippen molar-refractivity contribution in [2.45, 2.75) is 6.92 Å². The fraction of sp³-hybridized carbons (Fsp3) is 0.0556. The Morgan fingerprint density at radius 2 is 1.69 bits per heavy atom. The van der Waals surface area contributed by atoms with Crippen molar-refractivity contribution in [2.75, 3.05) is 0 Å². The molecule has 5 nitrogen and oxygen atoms in total. The van der Waals surface area contributed by atoms with E-state index in [9.17, 15) is 0 Å². The number of halogens is 3. The predicted molar refractivity (Wildman–Crippen MR) is 102 cm³/mol. The minimum Gasteiger partial charge on any atom is -0.422 e. The molecule has 0 unspecified atom stereocenters. The molecule has 0 fully saturated rings. The second-order valence-electron chi connectivity index (χ2n) is 5.58. The van der Waals surface area contributed by atoms with Crippen LogP contribution in [0.15, 0.2) is 53.3 Å². The monoisotopic (exact) mass is 404 g/mol. The molecule has 2 heterocycles. The van der Waals surface area contributed by atoms with Crippen molar-refractivity contribution in [3.05, 3.63) is 69.5 Å². The first kappa shape index (κ1) is 17.1. The largest absolute Gasteiger partial charge is 0.422 e. The summed E-state index contributed by atoms with van der Waals surface area (Å²) >= 11 is 18.5. The van der Waals surface area contributed by atoms with Crippen molar-refractivity contribution in [3.63, 3.8) is 0 Å². The van der Waals surface area contributed by atoms with Crippen LogP contribution in [0.3, 0.4) is 0 Å². The number of nitrogens with zero attached hydrogens (tertiary/aromatic N) is 4. The fourth-order valence-corrected chi connectivity index (χ4v) is 3.36. The highest BCUT2D eigenvalue weighted by Gasteiger charge is 2.22. The minimum absolute atomic E-state index is 0.335. The molecular formula is C18H11Cl3N4O. The second kappa shape index (κ2) is 6.76. The molecule has 0 saturated heterocycles. The van der Waals surface area contributed by atoms with Crippen LogP contribution in [0.2, 0.25) is 15.1 Å². The van der Waals surface area contributed by atoms with Gasteiger partial charge in [0, 0.05) is 21.2 Å². The molecule has 0 saturated carbocycles. The highest BCUT2D eigenvalue weighted by atomic mass is 35.5. The Bertz CT molecular complexity index is 1070. The van der Waals surface area contributed by atoms with Gasteiger partial charge in [0.05, 0.1) is 16.4 Å². The van der Waals surface area contributed by atoms with Crippen molar-refractivity contribution >= 4 is 34.8 Å². The SMILES string of the molecule is Cc1c(-c2nnco2)nn(-c2ccc(Cl)cc2Cl)c1-c1ccc(Cl)cc1. The molecule has 0 amide bonds. The van der Waals surface area contributed by atoms with Gasteiger partial charge in [-0.25, -0.2) is 4.68 Å². The van der Waals surface area contributed by atoms with Crippen LogP contribution in [0.4, 0.5) is 0 Å². The highest BCUT2D eigenvalue weighted by Crippen LogP contribution is 2.35. The van der Waals surface area contributed by atoms with Gasteiger partial charge in [-0.05, 0) is 37.3 Å². The lowest BCUT2D eigenvalue weighted by molar-refractivity contribution is 0.565. The van der Waals surface area contributed by atoms with Crippen LogP contribution in [0.5, 0.6) is 0 Å². The van der Waals surface area contributed by atoms with E-state index in [0.717, 1.165) is 16.8 Å². The molecule has 0 aliphatic carbocycles. The normalized spacial score (nSPS) is 11.1. The third-order valence-electron chi connectivity index (χ3n) is 3.94. The summed E-state index contributed by atoms with van der Waals surface area (Å²) in [7, 11) is 0. The quantitative estimate of drug-likeness (QED) is 0.428. The van der Waals surface area contributed by atoms with E-state index in [1.54, 1.807) is 16.8 Å². The summed E-state index contributed by atoms with van der Waals surface area (Å²) in [4.78, 5) is 0. The van der Waals surface area contributed by atoms with Crippen molar-refractivity contribution < 1.29 is 4.42 Å². The van der Waals surface area contributed by atoms with Gasteiger partial charge < -0.3 is 4.42 Å². The molecule has 4 rings (SSSR count). The first-order valence-electron chi connectivity index (χ1n) is 7.62. The Morgan fingerprint density at radius 1 is 0.962 bits per heavy atom. The summed E-state index contributed by atoms with van der Waals surface area (Å²) in [6.45, 7) is 1.94. The molecule has 2 aromatic carbocycles. The highest BCUT2D eigenvalue weighted by molar-refractivity contribution is 6.35. The number of aromatic nitrogens is 4. The van der Waals surface area contributed by atoms with Gasteiger partial charge in [0.2, 0.25) is 6.39 Å². The molecule has 130 valence electrons. The first-order valence-corrected chi connectivity index (χ1v) is 8.75. The first-order chi connectivity index (χ1) is 12.5. The zero-order valence-corrected chi connectivity index (χ0v) is 15.7. The van der Waals surface area contributed by atoms with Crippen molar-refractivity contribution in [1.82, 2.24) is 20.0 Å². The van der Waals surface area contributed by atoms with Gasteiger partial charge in [-0.2, -0.15) is 5.10 Å². The van der Waals surface area contributed by atoms with E-state index in [4.69, 9.17) is 39.2 Å². The van der Waals surface area contributed by atoms with Crippen LogP contribution in [0.25, 0.3) is 28.5 Å². The Morgan fingerprint density at radius 3 is 2.35 bits per heavy atom. The number of hydrogen-bond donors (Lipinski definition) is 0. The molecule has 0 bridgehead atoms. The van der Waals surface area contributed by atoms with Crippen molar-refractivity contribution in [2.24, 2.45) is 0 Å². The van der Waals surface area contributed by atoms with Crippen LogP contribution in [-0.4, -0.2) is 20.0 Å². The molecule has 0 atom stereocenters. The summed E-state index contributed by atoms with van der Waals surface area (Å²) in [5.41, 5.74) is 3.92. The number of rotatable bonds is 3. The Kier molecular flexibility index (Phi) is 4.44. The molecule has 0 spiro atoms. The van der Waals surface area contributed by atoms with E-state index in [-0.39, 0.29) is 0 Å². The van der Waals surface area contributed by atoms with E-state index in [1.807, 2.05) is 37.3 Å². The molecule has 2 aromatic heterocycles. The fourth-order valence-electron chi connectivity index (χ4n) is 2.75. The van der Waals surface area contributed by atoms with E-state index < -0.39 is 0 Å². The van der Waals surface area contributed by atoms with Crippen LogP contribution >= 0.6 is 34.8 Å². The van der Waals surface area contributed by atoms with Gasteiger partial charge >= 0.3 is 0 Å². The van der Waals surface area contributed by atoms with Gasteiger partial charge in [-0.1, -0.05) is 46.9 Å². The molecule has 0 N–H and O–H groups in total. The second-order valence-corrected chi connectivity index (χ2v) is 6.86. The molecular weight excluding hydrogens is 395 g/mol. The molecule has 8 heteroatoms. The van der Waals surface area contributed by atoms with Gasteiger partial charge in [-0.3, -0.25) is 0 Å². The lowest BCUT2D eigenvalue weighted by Gasteiger charge is -2.11. The van der Waals surface area contributed by atoms with Crippen LogP contribution in [0.1, 0.15) is 5.56 Å². The number of benzene rings is 2. The smallest absolute Gasteiger partial charge is 0.268 e. The van der Waals surface area contributed by atoms with Gasteiger partial charge in [0.25, 0.3) is 5.89 Å². The average molecular weight is 406 g/mol. The third kappa shape index (κ3) is 2.98. The van der Waals surface area contributed by atoms with E-state index in [1.165, 1.54) is 6.39 Å². The van der Waals surface area contributed by atoms with Crippen LogP contribution < -0.4 is 0 Å². The summed E-state index contributed by atoms with van der Waals surface area (Å²) in [6.07, 6.45) is 1.27. The molecule has 0 aliphatic heterocycles. The Hall–Kier alpha value is -2.34. The van der Waals surface area contributed by atoms with Gasteiger partial charge in [0.1, 0.15) is 0 Å². The molecule has 26 heavy (non-hydrogen) atoms. The Labute approximate surface area is 164 Å². The van der Waals surface area contributed by atoms with Crippen LogP contribution in [0, 0.1) is 6.92 Å².